The van der Waals surface area contributed by atoms with E-state index in [4.69, 9.17) is 4.74 Å². The van der Waals surface area contributed by atoms with Gasteiger partial charge < -0.3 is 14.5 Å². The zero-order valence-corrected chi connectivity index (χ0v) is 42.9. The maximum Gasteiger partial charge on any atom is 0.224 e. The SMILES string of the molecule is CCCCCCCCCCCCCCCCCCCCCCOc1ccc(S(=O)(=O)c2cc(N3CCC(N4CCN(C5CCN(CC)CC5)CC4)CC3)c3cc(S(C)=O)ccc3n2)cc1F. The smallest absolute Gasteiger partial charge is 0.224 e. The van der Waals surface area contributed by atoms with Crippen LogP contribution in [0.4, 0.5) is 10.1 Å². The van der Waals surface area contributed by atoms with Gasteiger partial charge in [-0.05, 0) is 94.2 Å². The van der Waals surface area contributed by atoms with E-state index in [1.54, 1.807) is 24.5 Å². The molecule has 3 saturated heterocycles. The van der Waals surface area contributed by atoms with Crippen molar-refractivity contribution in [1.29, 1.82) is 0 Å². The summed E-state index contributed by atoms with van der Waals surface area (Å²) in [6.07, 6.45) is 32.5. The summed E-state index contributed by atoms with van der Waals surface area (Å²) < 4.78 is 62.2. The number of pyridine rings is 1. The number of piperazine rings is 1. The molecule has 0 saturated carbocycles. The lowest BCUT2D eigenvalue weighted by Gasteiger charge is -2.46. The highest BCUT2D eigenvalue weighted by molar-refractivity contribution is 7.91. The average Bonchev–Trinajstić information content (AvgIpc) is 3.34. The van der Waals surface area contributed by atoms with Gasteiger partial charge in [-0.1, -0.05) is 136 Å². The third kappa shape index (κ3) is 16.0. The Balaban J connectivity index is 0.921. The predicted octanol–water partition coefficient (Wildman–Crippen LogP) is 12.2. The van der Waals surface area contributed by atoms with Gasteiger partial charge in [-0.15, -0.1) is 0 Å². The van der Waals surface area contributed by atoms with E-state index in [2.05, 4.69) is 38.4 Å². The van der Waals surface area contributed by atoms with Crippen LogP contribution in [0.3, 0.4) is 0 Å². The number of ether oxygens (including phenoxy) is 1. The lowest BCUT2D eigenvalue weighted by atomic mass is 9.99. The van der Waals surface area contributed by atoms with Crippen LogP contribution in [0.1, 0.15) is 168 Å². The summed E-state index contributed by atoms with van der Waals surface area (Å²) >= 11 is 0. The Hall–Kier alpha value is -2.64. The fourth-order valence-electron chi connectivity index (χ4n) is 10.7. The van der Waals surface area contributed by atoms with Crippen LogP contribution in [0.25, 0.3) is 10.9 Å². The molecule has 3 aromatic rings. The zero-order valence-electron chi connectivity index (χ0n) is 41.3. The summed E-state index contributed by atoms with van der Waals surface area (Å²) in [5.74, 6) is -0.620. The number of sulfone groups is 1. The molecule has 1 aromatic heterocycles. The van der Waals surface area contributed by atoms with Crippen LogP contribution in [0, 0.1) is 5.82 Å². The number of aromatic nitrogens is 1. The van der Waals surface area contributed by atoms with E-state index in [0.717, 1.165) is 95.1 Å². The van der Waals surface area contributed by atoms with Crippen molar-refractivity contribution in [2.24, 2.45) is 0 Å². The number of fused-ring (bicyclic) bond motifs is 1. The predicted molar refractivity (Wildman–Crippen MR) is 273 cm³/mol. The molecular weight excluding hydrogens is 866 g/mol. The second-order valence-corrected chi connectivity index (χ2v) is 23.0. The van der Waals surface area contributed by atoms with E-state index in [1.165, 1.54) is 147 Å². The molecule has 12 heteroatoms. The maximum absolute atomic E-state index is 15.5. The Morgan fingerprint density at radius 3 is 1.62 bits per heavy atom. The van der Waals surface area contributed by atoms with Gasteiger partial charge in [0, 0.05) is 84.4 Å². The minimum absolute atomic E-state index is 0.0700. The first kappa shape index (κ1) is 52.7. The highest BCUT2D eigenvalue weighted by Crippen LogP contribution is 2.35. The van der Waals surface area contributed by atoms with Crippen molar-refractivity contribution in [3.63, 3.8) is 0 Å². The van der Waals surface area contributed by atoms with E-state index >= 15 is 4.39 Å². The Kier molecular flexibility index (Phi) is 22.5. The number of halogens is 1. The highest BCUT2D eigenvalue weighted by atomic mass is 32.2. The number of unbranched alkanes of at least 4 members (excludes halogenated alkanes) is 19. The van der Waals surface area contributed by atoms with Crippen molar-refractivity contribution in [3.8, 4) is 5.75 Å². The van der Waals surface area contributed by atoms with Gasteiger partial charge in [-0.3, -0.25) is 14.0 Å². The van der Waals surface area contributed by atoms with Crippen LogP contribution in [-0.4, -0.2) is 116 Å². The van der Waals surface area contributed by atoms with Crippen molar-refractivity contribution < 1.29 is 21.8 Å². The summed E-state index contributed by atoms with van der Waals surface area (Å²) in [4.78, 5) is 15.3. The van der Waals surface area contributed by atoms with Crippen molar-refractivity contribution in [3.05, 3.63) is 48.3 Å². The lowest BCUT2D eigenvalue weighted by Crippen LogP contribution is -2.56. The average molecular weight is 952 g/mol. The molecule has 1 unspecified atom stereocenters. The zero-order chi connectivity index (χ0) is 46.6. The third-order valence-corrected chi connectivity index (χ3v) is 17.6. The van der Waals surface area contributed by atoms with Crippen LogP contribution in [0.15, 0.2) is 57.3 Å². The molecule has 9 nitrogen and oxygen atoms in total. The summed E-state index contributed by atoms with van der Waals surface area (Å²) in [6.45, 7) is 14.5. The molecular formula is C54H86FN5O4S2. The number of piperidine rings is 2. The number of nitrogens with zero attached hydrogens (tertiary/aromatic N) is 5. The molecule has 3 aliphatic heterocycles. The first-order valence-corrected chi connectivity index (χ1v) is 29.6. The second-order valence-electron chi connectivity index (χ2n) is 19.7. The van der Waals surface area contributed by atoms with E-state index < -0.39 is 26.5 Å². The molecule has 0 radical (unpaired) electrons. The minimum atomic E-state index is -4.17. The van der Waals surface area contributed by atoms with E-state index in [0.29, 0.717) is 29.1 Å². The third-order valence-electron chi connectivity index (χ3n) is 15.0. The monoisotopic (exact) mass is 952 g/mol. The molecule has 0 aliphatic carbocycles. The van der Waals surface area contributed by atoms with E-state index in [9.17, 15) is 12.6 Å². The number of hydrogen-bond donors (Lipinski definition) is 0. The van der Waals surface area contributed by atoms with Gasteiger partial charge in [0.1, 0.15) is 0 Å². The number of hydrogen-bond acceptors (Lipinski definition) is 9. The maximum atomic E-state index is 15.5. The summed E-state index contributed by atoms with van der Waals surface area (Å²) in [5, 5.41) is 0.665. The fourth-order valence-corrected chi connectivity index (χ4v) is 12.5. The summed E-state index contributed by atoms with van der Waals surface area (Å²) in [6, 6.07) is 12.1. The van der Waals surface area contributed by atoms with Crippen molar-refractivity contribution in [2.75, 3.05) is 76.7 Å². The quantitative estimate of drug-likeness (QED) is 0.0632. The molecule has 3 aliphatic rings. The first-order chi connectivity index (χ1) is 32.2. The summed E-state index contributed by atoms with van der Waals surface area (Å²) in [7, 11) is -5.38. The number of likely N-dealkylation sites (tertiary alicyclic amines) is 1. The highest BCUT2D eigenvalue weighted by Gasteiger charge is 2.32. The Morgan fingerprint density at radius 2 is 1.14 bits per heavy atom. The van der Waals surface area contributed by atoms with Crippen molar-refractivity contribution in [1.82, 2.24) is 19.7 Å². The normalized spacial score (nSPS) is 18.1. The standard InChI is InChI=1S/C54H86FN5O4S2/c1-4-6-7-8-9-10-11-12-13-14-15-16-17-18-19-20-21-22-23-24-41-64-53-28-26-48(43-50(53)55)66(62,63)54-44-52(49-42-47(65(3)61)25-27-51(49)56-54)60-35-31-46(32-36-60)59-39-37-58(38-40-59)45-29-33-57(5-2)34-30-45/h25-28,42-46H,4-24,29-41H2,1-3H3. The van der Waals surface area contributed by atoms with Crippen LogP contribution < -0.4 is 9.64 Å². The molecule has 0 N–H and O–H groups in total. The van der Waals surface area contributed by atoms with Gasteiger partial charge in [0.25, 0.3) is 0 Å². The molecule has 4 heterocycles. The lowest BCUT2D eigenvalue weighted by molar-refractivity contribution is 0.0384. The second kappa shape index (κ2) is 28.1. The summed E-state index contributed by atoms with van der Waals surface area (Å²) in [5.41, 5.74) is 1.28. The van der Waals surface area contributed by atoms with Crippen molar-refractivity contribution >= 4 is 37.2 Å². The van der Waals surface area contributed by atoms with Crippen LogP contribution in [-0.2, 0) is 20.6 Å². The first-order valence-electron chi connectivity index (χ1n) is 26.6. The Morgan fingerprint density at radius 1 is 0.636 bits per heavy atom. The van der Waals surface area contributed by atoms with Crippen LogP contribution in [0.5, 0.6) is 5.75 Å². The minimum Gasteiger partial charge on any atom is -0.491 e. The molecule has 0 spiro atoms. The molecule has 2 aromatic carbocycles. The molecule has 3 fully saturated rings. The largest absolute Gasteiger partial charge is 0.491 e. The van der Waals surface area contributed by atoms with E-state index in [1.807, 2.05) is 6.07 Å². The molecule has 6 rings (SSSR count). The number of benzene rings is 2. The molecule has 66 heavy (non-hydrogen) atoms. The Labute approximate surface area is 402 Å². The Bertz CT molecular complexity index is 2010. The fraction of sp³-hybridized carbons (Fsp3) is 0.722. The van der Waals surface area contributed by atoms with Gasteiger partial charge >= 0.3 is 0 Å². The van der Waals surface area contributed by atoms with Gasteiger partial charge in [0.15, 0.2) is 16.6 Å². The number of anilines is 1. The van der Waals surface area contributed by atoms with Gasteiger partial charge in [-0.25, -0.2) is 17.8 Å². The van der Waals surface area contributed by atoms with E-state index in [-0.39, 0.29) is 15.7 Å². The molecule has 370 valence electrons. The molecule has 0 amide bonds. The van der Waals surface area contributed by atoms with Gasteiger partial charge in [-0.2, -0.15) is 0 Å². The van der Waals surface area contributed by atoms with Gasteiger partial charge in [0.05, 0.1) is 17.0 Å². The van der Waals surface area contributed by atoms with Crippen LogP contribution >= 0.6 is 0 Å². The topological polar surface area (TPSA) is 86.3 Å². The van der Waals surface area contributed by atoms with Crippen LogP contribution in [0.2, 0.25) is 0 Å². The number of rotatable bonds is 29. The molecule has 1 atom stereocenters. The molecule has 0 bridgehead atoms. The van der Waals surface area contributed by atoms with Gasteiger partial charge in [0.2, 0.25) is 9.84 Å². The van der Waals surface area contributed by atoms with Crippen molar-refractivity contribution in [2.45, 2.75) is 195 Å².